The second kappa shape index (κ2) is 12.8. The summed E-state index contributed by atoms with van der Waals surface area (Å²) < 4.78 is 12.7. The number of methoxy groups -OCH3 is 2. The molecule has 1 fully saturated rings. The van der Waals surface area contributed by atoms with Crippen LogP contribution in [0.15, 0.2) is 30.3 Å². The molecular formula is C32H36ClN3O5S. The lowest BCUT2D eigenvalue weighted by Gasteiger charge is -2.21. The summed E-state index contributed by atoms with van der Waals surface area (Å²) in [5.74, 6) is 0.324. The predicted octanol–water partition coefficient (Wildman–Crippen LogP) is 7.90. The minimum Gasteiger partial charge on any atom is -0.496 e. The summed E-state index contributed by atoms with van der Waals surface area (Å²) in [6, 6.07) is 9.30. The number of hydrogen-bond donors (Lipinski definition) is 2. The fourth-order valence-corrected chi connectivity index (χ4v) is 7.24. The molecule has 10 heteroatoms. The molecule has 222 valence electrons. The van der Waals surface area contributed by atoms with E-state index in [0.29, 0.717) is 38.8 Å². The molecule has 1 aliphatic rings. The Bertz CT molecular complexity index is 1640. The number of nitrogens with zero attached hydrogens (tertiary/aromatic N) is 2. The molecule has 0 saturated heterocycles. The maximum absolute atomic E-state index is 13.8. The quantitative estimate of drug-likeness (QED) is 0.189. The zero-order valence-corrected chi connectivity index (χ0v) is 26.0. The highest BCUT2D eigenvalue weighted by Crippen LogP contribution is 2.43. The topological polar surface area (TPSA) is 103 Å². The Hall–Kier alpha value is -3.56. The Morgan fingerprint density at radius 3 is 2.52 bits per heavy atom. The molecule has 2 aromatic carbocycles. The van der Waals surface area contributed by atoms with E-state index in [9.17, 15) is 14.7 Å². The number of halogens is 1. The molecular weight excluding hydrogens is 574 g/mol. The van der Waals surface area contributed by atoms with E-state index < -0.39 is 11.9 Å². The van der Waals surface area contributed by atoms with Crippen LogP contribution in [0, 0.1) is 19.8 Å². The molecule has 42 heavy (non-hydrogen) atoms. The third-order valence-electron chi connectivity index (χ3n) is 8.13. The number of carbonyl (C=O) groups is 2. The van der Waals surface area contributed by atoms with E-state index in [1.807, 2.05) is 38.1 Å². The zero-order chi connectivity index (χ0) is 30.0. The van der Waals surface area contributed by atoms with Gasteiger partial charge in [-0.15, -0.1) is 11.3 Å². The number of fused-ring (bicyclic) bond motifs is 1. The van der Waals surface area contributed by atoms with E-state index >= 15 is 0 Å². The average Bonchev–Trinajstić information content (AvgIpc) is 3.49. The number of carboxylic acid groups (broad SMARTS) is 1. The Morgan fingerprint density at radius 1 is 1.10 bits per heavy atom. The normalized spacial score (nSPS) is 13.8. The van der Waals surface area contributed by atoms with Crippen molar-refractivity contribution in [3.63, 3.8) is 0 Å². The highest BCUT2D eigenvalue weighted by molar-refractivity contribution is 7.16. The summed E-state index contributed by atoms with van der Waals surface area (Å²) >= 11 is 7.84. The van der Waals surface area contributed by atoms with Crippen molar-refractivity contribution in [2.75, 3.05) is 19.5 Å². The van der Waals surface area contributed by atoms with Crippen LogP contribution in [0.2, 0.25) is 5.02 Å². The fourth-order valence-electron chi connectivity index (χ4n) is 6.03. The monoisotopic (exact) mass is 609 g/mol. The summed E-state index contributed by atoms with van der Waals surface area (Å²) in [5, 5.41) is 14.4. The van der Waals surface area contributed by atoms with E-state index in [-0.39, 0.29) is 6.54 Å². The standard InChI is InChI=1S/C32H36ClN3O5S/c1-18-10-12-24-21(14-18)19(2)30(36(24)17-28(37)38)31(39)35-32-34-29(22-15-26(41-4)23(33)16-25(22)40-3)27(42-32)13-11-20-8-6-5-7-9-20/h10,12,14-16,20H,5-9,11,13,17H2,1-4H3,(H,37,38)(H,34,35,39). The van der Waals surface area contributed by atoms with E-state index in [1.54, 1.807) is 24.9 Å². The van der Waals surface area contributed by atoms with Crippen LogP contribution in [0.3, 0.4) is 0 Å². The maximum atomic E-state index is 13.8. The van der Waals surface area contributed by atoms with Gasteiger partial charge >= 0.3 is 5.97 Å². The van der Waals surface area contributed by atoms with Gasteiger partial charge in [-0.25, -0.2) is 4.98 Å². The molecule has 0 bridgehead atoms. The number of rotatable bonds is 10. The molecule has 1 aliphatic carbocycles. The number of carboxylic acids is 1. The van der Waals surface area contributed by atoms with Crippen LogP contribution in [0.25, 0.3) is 22.2 Å². The van der Waals surface area contributed by atoms with Crippen LogP contribution in [0.1, 0.15) is 65.0 Å². The molecule has 0 unspecified atom stereocenters. The van der Waals surface area contributed by atoms with Gasteiger partial charge in [0.1, 0.15) is 23.7 Å². The molecule has 4 aromatic rings. The lowest BCUT2D eigenvalue weighted by molar-refractivity contribution is -0.137. The molecule has 2 heterocycles. The third kappa shape index (κ3) is 6.13. The van der Waals surface area contributed by atoms with Crippen molar-refractivity contribution in [2.45, 2.75) is 65.3 Å². The number of ether oxygens (including phenoxy) is 2. The molecule has 0 atom stereocenters. The van der Waals surface area contributed by atoms with Crippen molar-refractivity contribution in [1.82, 2.24) is 9.55 Å². The van der Waals surface area contributed by atoms with Gasteiger partial charge in [0.2, 0.25) is 0 Å². The predicted molar refractivity (Wildman–Crippen MR) is 168 cm³/mol. The van der Waals surface area contributed by atoms with Crippen molar-refractivity contribution in [2.24, 2.45) is 5.92 Å². The molecule has 5 rings (SSSR count). The third-order valence-corrected chi connectivity index (χ3v) is 9.46. The van der Waals surface area contributed by atoms with Gasteiger partial charge in [-0.05, 0) is 56.4 Å². The summed E-state index contributed by atoms with van der Waals surface area (Å²) in [6.07, 6.45) is 8.18. The summed E-state index contributed by atoms with van der Waals surface area (Å²) in [4.78, 5) is 31.5. The second-order valence-electron chi connectivity index (χ2n) is 10.9. The largest absolute Gasteiger partial charge is 0.496 e. The first kappa shape index (κ1) is 29.9. The molecule has 1 amide bonds. The van der Waals surface area contributed by atoms with Crippen LogP contribution >= 0.6 is 22.9 Å². The average molecular weight is 610 g/mol. The van der Waals surface area contributed by atoms with E-state index in [2.05, 4.69) is 5.32 Å². The van der Waals surface area contributed by atoms with E-state index in [0.717, 1.165) is 45.5 Å². The number of thiazole rings is 1. The summed E-state index contributed by atoms with van der Waals surface area (Å²) in [7, 11) is 3.15. The van der Waals surface area contributed by atoms with Crippen molar-refractivity contribution >= 4 is 50.8 Å². The number of aromatic nitrogens is 2. The van der Waals surface area contributed by atoms with Gasteiger partial charge in [-0.2, -0.15) is 0 Å². The molecule has 0 spiro atoms. The Balaban J connectivity index is 1.54. The Morgan fingerprint density at radius 2 is 1.83 bits per heavy atom. The number of anilines is 1. The number of carbonyl (C=O) groups excluding carboxylic acids is 1. The Labute approximate surface area is 254 Å². The summed E-state index contributed by atoms with van der Waals surface area (Å²) in [6.45, 7) is 3.50. The van der Waals surface area contributed by atoms with Gasteiger partial charge in [0.25, 0.3) is 5.91 Å². The van der Waals surface area contributed by atoms with Crippen LogP contribution in [0.5, 0.6) is 11.5 Å². The number of nitrogens with one attached hydrogen (secondary N) is 1. The Kier molecular flexibility index (Phi) is 9.08. The van der Waals surface area contributed by atoms with E-state index in [4.69, 9.17) is 26.1 Å². The molecule has 2 N–H and O–H groups in total. The first-order valence-corrected chi connectivity index (χ1v) is 15.4. The maximum Gasteiger partial charge on any atom is 0.323 e. The van der Waals surface area contributed by atoms with Gasteiger partial charge in [0.15, 0.2) is 5.13 Å². The molecule has 2 aromatic heterocycles. The molecule has 1 saturated carbocycles. The van der Waals surface area contributed by atoms with Crippen LogP contribution in [-0.4, -0.2) is 40.8 Å². The SMILES string of the molecule is COc1cc(-c2nc(NC(=O)c3c(C)c4cc(C)ccc4n3CC(=O)O)sc2CCC2CCCCC2)c(OC)cc1Cl. The van der Waals surface area contributed by atoms with Gasteiger partial charge in [-0.1, -0.05) is 55.3 Å². The number of aliphatic carboxylic acids is 1. The van der Waals surface area contributed by atoms with Crippen molar-refractivity contribution in [3.05, 3.63) is 57.1 Å². The number of aryl methyl sites for hydroxylation is 3. The van der Waals surface area contributed by atoms with Crippen LogP contribution in [0.4, 0.5) is 5.13 Å². The highest BCUT2D eigenvalue weighted by Gasteiger charge is 2.25. The van der Waals surface area contributed by atoms with Gasteiger partial charge in [-0.3, -0.25) is 14.9 Å². The van der Waals surface area contributed by atoms with Gasteiger partial charge in [0, 0.05) is 27.4 Å². The van der Waals surface area contributed by atoms with Crippen molar-refractivity contribution in [1.29, 1.82) is 0 Å². The minimum absolute atomic E-state index is 0.309. The van der Waals surface area contributed by atoms with E-state index in [1.165, 1.54) is 43.4 Å². The van der Waals surface area contributed by atoms with Crippen molar-refractivity contribution in [3.8, 4) is 22.8 Å². The van der Waals surface area contributed by atoms with Crippen LogP contribution in [-0.2, 0) is 17.8 Å². The molecule has 0 radical (unpaired) electrons. The number of amides is 1. The van der Waals surface area contributed by atoms with Crippen molar-refractivity contribution < 1.29 is 24.2 Å². The lowest BCUT2D eigenvalue weighted by atomic mass is 9.86. The first-order chi connectivity index (χ1) is 20.2. The summed E-state index contributed by atoms with van der Waals surface area (Å²) in [5.41, 5.74) is 4.23. The van der Waals surface area contributed by atoms with Crippen LogP contribution < -0.4 is 14.8 Å². The molecule has 8 nitrogen and oxygen atoms in total. The number of hydrogen-bond acceptors (Lipinski definition) is 6. The molecule has 0 aliphatic heterocycles. The number of benzene rings is 2. The fraction of sp³-hybridized carbons (Fsp3) is 0.406. The zero-order valence-electron chi connectivity index (χ0n) is 24.4. The minimum atomic E-state index is -1.02. The lowest BCUT2D eigenvalue weighted by Crippen LogP contribution is -2.20. The van der Waals surface area contributed by atoms with Gasteiger partial charge in [0.05, 0.1) is 24.9 Å². The second-order valence-corrected chi connectivity index (χ2v) is 12.4. The van der Waals surface area contributed by atoms with Gasteiger partial charge < -0.3 is 19.1 Å². The highest BCUT2D eigenvalue weighted by atomic mass is 35.5. The smallest absolute Gasteiger partial charge is 0.323 e. The first-order valence-electron chi connectivity index (χ1n) is 14.2.